The van der Waals surface area contributed by atoms with Gasteiger partial charge in [-0.3, -0.25) is 0 Å². The highest BCUT2D eigenvalue weighted by atomic mass is 35.5. The summed E-state index contributed by atoms with van der Waals surface area (Å²) in [6, 6.07) is 13.8. The summed E-state index contributed by atoms with van der Waals surface area (Å²) in [6.45, 7) is 0.748. The van der Waals surface area contributed by atoms with E-state index in [9.17, 15) is 0 Å². The molecule has 0 aliphatic heterocycles. The first-order chi connectivity index (χ1) is 13.7. The van der Waals surface area contributed by atoms with Gasteiger partial charge in [-0.05, 0) is 18.4 Å². The third kappa shape index (κ3) is 5.23. The number of rotatable bonds is 9. The minimum Gasteiger partial charge on any atom is -0.495 e. The number of halogens is 1. The fraction of sp³-hybridized carbons (Fsp3) is 0.250. The predicted molar refractivity (Wildman–Crippen MR) is 111 cm³/mol. The fourth-order valence-corrected chi connectivity index (χ4v) is 2.90. The lowest BCUT2D eigenvalue weighted by Crippen LogP contribution is -2.08. The maximum atomic E-state index is 6.14. The summed E-state index contributed by atoms with van der Waals surface area (Å²) in [5.41, 5.74) is 1.97. The minimum absolute atomic E-state index is 0.456. The Morgan fingerprint density at radius 2 is 1.82 bits per heavy atom. The van der Waals surface area contributed by atoms with Gasteiger partial charge in [0.05, 0.1) is 31.1 Å². The SMILES string of the molecule is COc1cc(Nc2cnnc(NCCCc3ccccc3)n2)c(OC)cc1Cl. The largest absolute Gasteiger partial charge is 0.495 e. The van der Waals surface area contributed by atoms with Crippen LogP contribution in [0.15, 0.2) is 48.7 Å². The van der Waals surface area contributed by atoms with Crippen molar-refractivity contribution in [3.05, 3.63) is 59.2 Å². The first-order valence-electron chi connectivity index (χ1n) is 8.85. The van der Waals surface area contributed by atoms with E-state index in [0.717, 1.165) is 19.4 Å². The average Bonchev–Trinajstić information content (AvgIpc) is 2.73. The highest BCUT2D eigenvalue weighted by Gasteiger charge is 2.11. The van der Waals surface area contributed by atoms with Gasteiger partial charge < -0.3 is 20.1 Å². The Morgan fingerprint density at radius 3 is 2.57 bits per heavy atom. The molecule has 2 N–H and O–H groups in total. The number of hydrogen-bond donors (Lipinski definition) is 2. The van der Waals surface area contributed by atoms with E-state index in [1.54, 1.807) is 26.4 Å². The van der Waals surface area contributed by atoms with Crippen molar-refractivity contribution < 1.29 is 9.47 Å². The average molecular weight is 400 g/mol. The Kier molecular flexibility index (Phi) is 6.86. The van der Waals surface area contributed by atoms with Crippen molar-refractivity contribution in [1.82, 2.24) is 15.2 Å². The molecule has 3 aromatic rings. The van der Waals surface area contributed by atoms with E-state index in [-0.39, 0.29) is 0 Å². The van der Waals surface area contributed by atoms with Gasteiger partial charge in [-0.15, -0.1) is 5.10 Å². The van der Waals surface area contributed by atoms with Crippen LogP contribution in [0.25, 0.3) is 0 Å². The Labute approximate surface area is 169 Å². The van der Waals surface area contributed by atoms with Crippen LogP contribution in [0.1, 0.15) is 12.0 Å². The first kappa shape index (κ1) is 19.7. The zero-order valence-corrected chi connectivity index (χ0v) is 16.5. The molecule has 0 fully saturated rings. The van der Waals surface area contributed by atoms with E-state index < -0.39 is 0 Å². The third-order valence-electron chi connectivity index (χ3n) is 4.06. The van der Waals surface area contributed by atoms with E-state index in [4.69, 9.17) is 21.1 Å². The van der Waals surface area contributed by atoms with Crippen LogP contribution in [0.2, 0.25) is 5.02 Å². The molecule has 0 radical (unpaired) electrons. The summed E-state index contributed by atoms with van der Waals surface area (Å²) < 4.78 is 10.6. The lowest BCUT2D eigenvalue weighted by Gasteiger charge is -2.13. The molecular weight excluding hydrogens is 378 g/mol. The van der Waals surface area contributed by atoms with Gasteiger partial charge >= 0.3 is 0 Å². The predicted octanol–water partition coefficient (Wildman–Crippen LogP) is 4.33. The number of hydrogen-bond acceptors (Lipinski definition) is 7. The van der Waals surface area contributed by atoms with Crippen LogP contribution in [0.3, 0.4) is 0 Å². The van der Waals surface area contributed by atoms with Gasteiger partial charge in [0.15, 0.2) is 5.82 Å². The molecule has 0 aliphatic rings. The molecule has 0 bridgehead atoms. The van der Waals surface area contributed by atoms with Crippen molar-refractivity contribution in [3.8, 4) is 11.5 Å². The number of ether oxygens (including phenoxy) is 2. The Morgan fingerprint density at radius 1 is 1.04 bits per heavy atom. The molecule has 8 heteroatoms. The van der Waals surface area contributed by atoms with Gasteiger partial charge in [0, 0.05) is 18.7 Å². The molecule has 0 amide bonds. The highest BCUT2D eigenvalue weighted by molar-refractivity contribution is 6.32. The van der Waals surface area contributed by atoms with Crippen LogP contribution in [-0.2, 0) is 6.42 Å². The maximum Gasteiger partial charge on any atom is 0.244 e. The van der Waals surface area contributed by atoms with E-state index in [1.165, 1.54) is 11.8 Å². The lowest BCUT2D eigenvalue weighted by atomic mass is 10.1. The van der Waals surface area contributed by atoms with Crippen molar-refractivity contribution in [2.24, 2.45) is 0 Å². The molecule has 3 rings (SSSR count). The molecule has 0 atom stereocenters. The smallest absolute Gasteiger partial charge is 0.244 e. The number of nitrogens with zero attached hydrogens (tertiary/aromatic N) is 3. The molecule has 0 spiro atoms. The van der Waals surface area contributed by atoms with Crippen LogP contribution in [0, 0.1) is 0 Å². The van der Waals surface area contributed by atoms with Gasteiger partial charge in [-0.2, -0.15) is 10.1 Å². The molecular formula is C20H22ClN5O2. The van der Waals surface area contributed by atoms with Gasteiger partial charge in [0.25, 0.3) is 0 Å². The number of aryl methyl sites for hydroxylation is 1. The molecule has 146 valence electrons. The van der Waals surface area contributed by atoms with Crippen LogP contribution < -0.4 is 20.1 Å². The molecule has 0 aliphatic carbocycles. The van der Waals surface area contributed by atoms with Crippen LogP contribution in [0.4, 0.5) is 17.5 Å². The van der Waals surface area contributed by atoms with Gasteiger partial charge in [0.2, 0.25) is 5.95 Å². The topological polar surface area (TPSA) is 81.2 Å². The van der Waals surface area contributed by atoms with Crippen LogP contribution in [0.5, 0.6) is 11.5 Å². The second kappa shape index (κ2) is 9.75. The van der Waals surface area contributed by atoms with Crippen molar-refractivity contribution in [3.63, 3.8) is 0 Å². The number of methoxy groups -OCH3 is 2. The number of benzene rings is 2. The summed E-state index contributed by atoms with van der Waals surface area (Å²) in [5, 5.41) is 14.9. The zero-order chi connectivity index (χ0) is 19.8. The third-order valence-corrected chi connectivity index (χ3v) is 4.36. The van der Waals surface area contributed by atoms with E-state index in [0.29, 0.717) is 34.0 Å². The summed E-state index contributed by atoms with van der Waals surface area (Å²) in [4.78, 5) is 4.44. The second-order valence-electron chi connectivity index (χ2n) is 5.99. The molecule has 28 heavy (non-hydrogen) atoms. The summed E-state index contributed by atoms with van der Waals surface area (Å²) in [5.74, 6) is 2.09. The van der Waals surface area contributed by atoms with E-state index in [2.05, 4.69) is 37.9 Å². The summed E-state index contributed by atoms with van der Waals surface area (Å²) in [7, 11) is 3.13. The zero-order valence-electron chi connectivity index (χ0n) is 15.8. The molecule has 0 saturated heterocycles. The number of aromatic nitrogens is 3. The molecule has 0 unspecified atom stereocenters. The van der Waals surface area contributed by atoms with E-state index in [1.807, 2.05) is 18.2 Å². The van der Waals surface area contributed by atoms with Crippen LogP contribution >= 0.6 is 11.6 Å². The lowest BCUT2D eigenvalue weighted by molar-refractivity contribution is 0.405. The van der Waals surface area contributed by atoms with Gasteiger partial charge in [0.1, 0.15) is 11.5 Å². The molecule has 7 nitrogen and oxygen atoms in total. The molecule has 0 saturated carbocycles. The monoisotopic (exact) mass is 399 g/mol. The van der Waals surface area contributed by atoms with E-state index >= 15 is 0 Å². The normalized spacial score (nSPS) is 10.4. The molecule has 1 aromatic heterocycles. The number of nitrogens with one attached hydrogen (secondary N) is 2. The highest BCUT2D eigenvalue weighted by Crippen LogP contribution is 2.37. The second-order valence-corrected chi connectivity index (χ2v) is 6.40. The van der Waals surface area contributed by atoms with Crippen molar-refractivity contribution in [1.29, 1.82) is 0 Å². The number of anilines is 3. The van der Waals surface area contributed by atoms with Crippen LogP contribution in [-0.4, -0.2) is 35.9 Å². The quantitative estimate of drug-likeness (QED) is 0.518. The summed E-state index contributed by atoms with van der Waals surface area (Å²) >= 11 is 6.14. The van der Waals surface area contributed by atoms with Crippen molar-refractivity contribution in [2.45, 2.75) is 12.8 Å². The molecule has 1 heterocycles. The van der Waals surface area contributed by atoms with Gasteiger partial charge in [-0.25, -0.2) is 0 Å². The standard InChI is InChI=1S/C20H22ClN5O2/c1-27-17-12-16(18(28-2)11-15(17)21)24-19-13-23-26-20(25-19)22-10-6-9-14-7-4-3-5-8-14/h3-5,7-8,11-13H,6,9-10H2,1-2H3,(H2,22,24,25,26). The Bertz CT molecular complexity index is 908. The van der Waals surface area contributed by atoms with Crippen molar-refractivity contribution in [2.75, 3.05) is 31.4 Å². The maximum absolute atomic E-state index is 6.14. The van der Waals surface area contributed by atoms with Crippen molar-refractivity contribution >= 4 is 29.1 Å². The Hall–Kier alpha value is -3.06. The van der Waals surface area contributed by atoms with Gasteiger partial charge in [-0.1, -0.05) is 41.9 Å². The summed E-state index contributed by atoms with van der Waals surface area (Å²) in [6.07, 6.45) is 3.49. The minimum atomic E-state index is 0.456. The fourth-order valence-electron chi connectivity index (χ4n) is 2.67. The Balaban J connectivity index is 1.62. The first-order valence-corrected chi connectivity index (χ1v) is 9.23. The molecule has 2 aromatic carbocycles.